The SMILES string of the molecule is O=C(COC(=O)c1ccc(CN2CCCC2=O)cc1)Nc1ccc(N=Nc2ccccc2)cc1. The summed E-state index contributed by atoms with van der Waals surface area (Å²) in [7, 11) is 0. The van der Waals surface area contributed by atoms with Crippen LogP contribution in [0, 0.1) is 0 Å². The molecule has 172 valence electrons. The number of nitrogens with one attached hydrogen (secondary N) is 1. The van der Waals surface area contributed by atoms with Gasteiger partial charge in [-0.15, -0.1) is 0 Å². The lowest BCUT2D eigenvalue weighted by atomic mass is 10.1. The first-order valence-electron chi connectivity index (χ1n) is 11.0. The third-order valence-electron chi connectivity index (χ3n) is 5.26. The number of carbonyl (C=O) groups excluding carboxylic acids is 3. The van der Waals surface area contributed by atoms with E-state index in [0.717, 1.165) is 24.2 Å². The molecule has 0 unspecified atom stereocenters. The van der Waals surface area contributed by atoms with Crippen molar-refractivity contribution in [1.82, 2.24) is 4.90 Å². The first kappa shape index (κ1) is 22.8. The van der Waals surface area contributed by atoms with Crippen LogP contribution in [-0.4, -0.2) is 35.8 Å². The zero-order valence-corrected chi connectivity index (χ0v) is 18.5. The predicted octanol–water partition coefficient (Wildman–Crippen LogP) is 5.02. The van der Waals surface area contributed by atoms with Crippen LogP contribution < -0.4 is 5.32 Å². The van der Waals surface area contributed by atoms with Gasteiger partial charge in [0.2, 0.25) is 5.91 Å². The van der Waals surface area contributed by atoms with Crippen molar-refractivity contribution < 1.29 is 19.1 Å². The van der Waals surface area contributed by atoms with Crippen molar-refractivity contribution in [1.29, 1.82) is 0 Å². The fraction of sp³-hybridized carbons (Fsp3) is 0.192. The van der Waals surface area contributed by atoms with Crippen molar-refractivity contribution in [2.45, 2.75) is 19.4 Å². The van der Waals surface area contributed by atoms with Crippen molar-refractivity contribution in [2.24, 2.45) is 10.2 Å². The van der Waals surface area contributed by atoms with Crippen molar-refractivity contribution in [3.05, 3.63) is 90.0 Å². The van der Waals surface area contributed by atoms with Crippen LogP contribution in [0.5, 0.6) is 0 Å². The summed E-state index contributed by atoms with van der Waals surface area (Å²) in [5.74, 6) is -0.882. The summed E-state index contributed by atoms with van der Waals surface area (Å²) in [4.78, 5) is 37.9. The summed E-state index contributed by atoms with van der Waals surface area (Å²) in [6.07, 6.45) is 1.48. The number of ether oxygens (including phenoxy) is 1. The van der Waals surface area contributed by atoms with Gasteiger partial charge in [0.05, 0.1) is 16.9 Å². The van der Waals surface area contributed by atoms with Gasteiger partial charge in [-0.1, -0.05) is 30.3 Å². The molecule has 0 atom stereocenters. The molecule has 0 bridgehead atoms. The highest BCUT2D eigenvalue weighted by molar-refractivity contribution is 5.95. The Balaban J connectivity index is 1.23. The Hall–Kier alpha value is -4.33. The van der Waals surface area contributed by atoms with Crippen LogP contribution in [0.25, 0.3) is 0 Å². The van der Waals surface area contributed by atoms with Gasteiger partial charge in [-0.05, 0) is 60.5 Å². The van der Waals surface area contributed by atoms with E-state index >= 15 is 0 Å². The van der Waals surface area contributed by atoms with Gasteiger partial charge in [0.25, 0.3) is 5.91 Å². The summed E-state index contributed by atoms with van der Waals surface area (Å²) >= 11 is 0. The minimum atomic E-state index is -0.587. The maximum atomic E-state index is 12.3. The number of nitrogens with zero attached hydrogens (tertiary/aromatic N) is 3. The minimum Gasteiger partial charge on any atom is -0.452 e. The Kier molecular flexibility index (Phi) is 7.39. The Morgan fingerprint density at radius 2 is 1.56 bits per heavy atom. The molecule has 0 radical (unpaired) electrons. The molecule has 1 heterocycles. The number of hydrogen-bond donors (Lipinski definition) is 1. The molecule has 0 saturated carbocycles. The Bertz CT molecular complexity index is 1180. The van der Waals surface area contributed by atoms with Crippen molar-refractivity contribution >= 4 is 34.8 Å². The first-order chi connectivity index (χ1) is 16.6. The molecule has 2 amide bonds. The van der Waals surface area contributed by atoms with Gasteiger partial charge in [-0.2, -0.15) is 10.2 Å². The van der Waals surface area contributed by atoms with E-state index in [1.165, 1.54) is 0 Å². The lowest BCUT2D eigenvalue weighted by molar-refractivity contribution is -0.128. The molecule has 0 aliphatic carbocycles. The average molecular weight is 457 g/mol. The Labute approximate surface area is 197 Å². The van der Waals surface area contributed by atoms with E-state index in [1.54, 1.807) is 53.4 Å². The van der Waals surface area contributed by atoms with Crippen molar-refractivity contribution in [2.75, 3.05) is 18.5 Å². The molecular formula is C26H24N4O4. The maximum Gasteiger partial charge on any atom is 0.338 e. The van der Waals surface area contributed by atoms with E-state index in [4.69, 9.17) is 4.74 Å². The zero-order valence-electron chi connectivity index (χ0n) is 18.5. The predicted molar refractivity (Wildman–Crippen MR) is 127 cm³/mol. The second kappa shape index (κ2) is 11.0. The molecular weight excluding hydrogens is 432 g/mol. The zero-order chi connectivity index (χ0) is 23.8. The van der Waals surface area contributed by atoms with E-state index < -0.39 is 18.5 Å². The molecule has 1 aliphatic heterocycles. The van der Waals surface area contributed by atoms with Crippen molar-refractivity contribution in [3.63, 3.8) is 0 Å². The quantitative estimate of drug-likeness (QED) is 0.380. The van der Waals surface area contributed by atoms with E-state index in [2.05, 4.69) is 15.5 Å². The molecule has 1 aliphatic rings. The number of likely N-dealkylation sites (tertiary alicyclic amines) is 1. The van der Waals surface area contributed by atoms with Crippen LogP contribution >= 0.6 is 0 Å². The van der Waals surface area contributed by atoms with Gasteiger partial charge >= 0.3 is 5.97 Å². The highest BCUT2D eigenvalue weighted by Crippen LogP contribution is 2.20. The van der Waals surface area contributed by atoms with Gasteiger partial charge in [0, 0.05) is 25.2 Å². The summed E-state index contributed by atoms with van der Waals surface area (Å²) < 4.78 is 5.11. The highest BCUT2D eigenvalue weighted by atomic mass is 16.5. The lowest BCUT2D eigenvalue weighted by Gasteiger charge is -2.15. The third kappa shape index (κ3) is 6.35. The van der Waals surface area contributed by atoms with Crippen LogP contribution in [0.15, 0.2) is 89.1 Å². The summed E-state index contributed by atoms with van der Waals surface area (Å²) in [5, 5.41) is 11.0. The molecule has 3 aromatic carbocycles. The van der Waals surface area contributed by atoms with Crippen LogP contribution in [-0.2, 0) is 20.9 Å². The van der Waals surface area contributed by atoms with Crippen LogP contribution in [0.1, 0.15) is 28.8 Å². The smallest absolute Gasteiger partial charge is 0.338 e. The summed E-state index contributed by atoms with van der Waals surface area (Å²) in [6.45, 7) is 0.888. The fourth-order valence-corrected chi connectivity index (χ4v) is 3.47. The topological polar surface area (TPSA) is 100 Å². The molecule has 1 saturated heterocycles. The molecule has 0 spiro atoms. The first-order valence-corrected chi connectivity index (χ1v) is 11.0. The summed E-state index contributed by atoms with van der Waals surface area (Å²) in [5.41, 5.74) is 3.23. The Morgan fingerprint density at radius 3 is 2.21 bits per heavy atom. The second-order valence-corrected chi connectivity index (χ2v) is 7.82. The highest BCUT2D eigenvalue weighted by Gasteiger charge is 2.20. The van der Waals surface area contributed by atoms with Crippen LogP contribution in [0.4, 0.5) is 17.1 Å². The van der Waals surface area contributed by atoms with E-state index in [9.17, 15) is 14.4 Å². The van der Waals surface area contributed by atoms with E-state index in [1.807, 2.05) is 30.3 Å². The lowest BCUT2D eigenvalue weighted by Crippen LogP contribution is -2.23. The van der Waals surface area contributed by atoms with E-state index in [0.29, 0.717) is 29.9 Å². The third-order valence-corrected chi connectivity index (χ3v) is 5.26. The molecule has 4 rings (SSSR count). The second-order valence-electron chi connectivity index (χ2n) is 7.82. The van der Waals surface area contributed by atoms with Gasteiger partial charge < -0.3 is 15.0 Å². The van der Waals surface area contributed by atoms with Crippen LogP contribution in [0.2, 0.25) is 0 Å². The van der Waals surface area contributed by atoms with E-state index in [-0.39, 0.29) is 5.91 Å². The molecule has 1 fully saturated rings. The van der Waals surface area contributed by atoms with Gasteiger partial charge in [0.15, 0.2) is 6.61 Å². The molecule has 34 heavy (non-hydrogen) atoms. The maximum absolute atomic E-state index is 12.3. The molecule has 3 aromatic rings. The normalized spacial score (nSPS) is 13.3. The standard InChI is InChI=1S/C26H24N4O4/c31-24(27-21-12-14-23(15-13-21)29-28-22-5-2-1-3-6-22)18-34-26(33)20-10-8-19(9-11-20)17-30-16-4-7-25(30)32/h1-3,5-6,8-15H,4,7,16-18H2,(H,27,31). The number of azo groups is 1. The number of rotatable bonds is 8. The number of esters is 1. The number of anilines is 1. The van der Waals surface area contributed by atoms with Gasteiger partial charge in [0.1, 0.15) is 0 Å². The fourth-order valence-electron chi connectivity index (χ4n) is 3.47. The minimum absolute atomic E-state index is 0.153. The monoisotopic (exact) mass is 456 g/mol. The van der Waals surface area contributed by atoms with Gasteiger partial charge in [-0.3, -0.25) is 9.59 Å². The van der Waals surface area contributed by atoms with Gasteiger partial charge in [-0.25, -0.2) is 4.79 Å². The molecule has 8 nitrogen and oxygen atoms in total. The molecule has 1 N–H and O–H groups in total. The Morgan fingerprint density at radius 1 is 0.882 bits per heavy atom. The molecule has 0 aromatic heterocycles. The number of carbonyl (C=O) groups is 3. The number of hydrogen-bond acceptors (Lipinski definition) is 6. The largest absolute Gasteiger partial charge is 0.452 e. The van der Waals surface area contributed by atoms with Crippen LogP contribution in [0.3, 0.4) is 0 Å². The molecule has 8 heteroatoms. The van der Waals surface area contributed by atoms with Crippen molar-refractivity contribution in [3.8, 4) is 0 Å². The number of amides is 2. The number of benzene rings is 3. The average Bonchev–Trinajstić information content (AvgIpc) is 3.27. The summed E-state index contributed by atoms with van der Waals surface area (Å²) in [6, 6.07) is 23.1.